The number of carbonyl (C=O) groups excluding carboxylic acids is 1. The average molecular weight is 261 g/mol. The first kappa shape index (κ1) is 12.3. The number of hydrogen-bond acceptors (Lipinski definition) is 3. The minimum absolute atomic E-state index is 0.160. The summed E-state index contributed by atoms with van der Waals surface area (Å²) >= 11 is 1.19. The van der Waals surface area contributed by atoms with Crippen molar-refractivity contribution in [3.05, 3.63) is 46.8 Å². The second kappa shape index (κ2) is 5.01. The monoisotopic (exact) mass is 261 g/mol. The zero-order valence-corrected chi connectivity index (χ0v) is 10.5. The summed E-state index contributed by atoms with van der Waals surface area (Å²) in [5, 5.41) is 11.4. The lowest BCUT2D eigenvalue weighted by molar-refractivity contribution is 0.0702. The summed E-state index contributed by atoms with van der Waals surface area (Å²) in [5.74, 6) is -1.10. The zero-order chi connectivity index (χ0) is 13.1. The van der Waals surface area contributed by atoms with E-state index < -0.39 is 5.97 Å². The maximum absolute atomic E-state index is 11.5. The largest absolute Gasteiger partial charge is 0.477 e. The number of carbonyl (C=O) groups is 2. The molecule has 1 amide bonds. The van der Waals surface area contributed by atoms with Crippen LogP contribution in [-0.2, 0) is 0 Å². The van der Waals surface area contributed by atoms with Crippen molar-refractivity contribution in [1.82, 2.24) is 5.32 Å². The molecule has 0 spiro atoms. The zero-order valence-electron chi connectivity index (χ0n) is 9.64. The van der Waals surface area contributed by atoms with E-state index >= 15 is 0 Å². The lowest BCUT2D eigenvalue weighted by atomic mass is 10.1. The van der Waals surface area contributed by atoms with Crippen LogP contribution in [0, 0.1) is 0 Å². The second-order valence-electron chi connectivity index (χ2n) is 3.63. The van der Waals surface area contributed by atoms with Crippen molar-refractivity contribution in [2.24, 2.45) is 0 Å². The minimum Gasteiger partial charge on any atom is -0.477 e. The van der Waals surface area contributed by atoms with Gasteiger partial charge in [0.2, 0.25) is 0 Å². The van der Waals surface area contributed by atoms with E-state index in [1.807, 2.05) is 6.07 Å². The van der Waals surface area contributed by atoms with Gasteiger partial charge in [0.25, 0.3) is 5.91 Å². The molecule has 18 heavy (non-hydrogen) atoms. The van der Waals surface area contributed by atoms with E-state index in [0.717, 1.165) is 10.4 Å². The standard InChI is InChI=1S/C13H11NO3S/c1-14-12(15)9-4-2-3-8(7-9)10-5-6-11(18-10)13(16)17/h2-7H,1H3,(H,14,15)(H,16,17). The second-order valence-corrected chi connectivity index (χ2v) is 4.71. The summed E-state index contributed by atoms with van der Waals surface area (Å²) < 4.78 is 0. The van der Waals surface area contributed by atoms with Gasteiger partial charge in [-0.05, 0) is 29.8 Å². The third-order valence-corrected chi connectivity index (χ3v) is 3.58. The quantitative estimate of drug-likeness (QED) is 0.892. The third kappa shape index (κ3) is 2.41. The molecule has 0 aliphatic heterocycles. The van der Waals surface area contributed by atoms with Crippen molar-refractivity contribution in [2.45, 2.75) is 0 Å². The number of nitrogens with one attached hydrogen (secondary N) is 1. The highest BCUT2D eigenvalue weighted by Crippen LogP contribution is 2.28. The van der Waals surface area contributed by atoms with Gasteiger partial charge >= 0.3 is 5.97 Å². The van der Waals surface area contributed by atoms with E-state index in [9.17, 15) is 9.59 Å². The molecule has 1 aromatic heterocycles. The van der Waals surface area contributed by atoms with Gasteiger partial charge in [-0.2, -0.15) is 0 Å². The number of aromatic carboxylic acids is 1. The highest BCUT2D eigenvalue weighted by molar-refractivity contribution is 7.17. The topological polar surface area (TPSA) is 66.4 Å². The maximum atomic E-state index is 11.5. The van der Waals surface area contributed by atoms with Crippen LogP contribution in [0.25, 0.3) is 10.4 Å². The van der Waals surface area contributed by atoms with E-state index in [2.05, 4.69) is 5.32 Å². The van der Waals surface area contributed by atoms with Gasteiger partial charge < -0.3 is 10.4 Å². The molecule has 92 valence electrons. The fourth-order valence-electron chi connectivity index (χ4n) is 1.57. The Morgan fingerprint density at radius 3 is 2.61 bits per heavy atom. The number of carboxylic acid groups (broad SMARTS) is 1. The fourth-order valence-corrected chi connectivity index (χ4v) is 2.41. The van der Waals surface area contributed by atoms with Crippen molar-refractivity contribution in [1.29, 1.82) is 0 Å². The number of carboxylic acids is 1. The first-order valence-corrected chi connectivity index (χ1v) is 6.09. The van der Waals surface area contributed by atoms with Crippen molar-refractivity contribution in [3.8, 4) is 10.4 Å². The number of rotatable bonds is 3. The highest BCUT2D eigenvalue weighted by atomic mass is 32.1. The van der Waals surface area contributed by atoms with Gasteiger partial charge in [-0.15, -0.1) is 11.3 Å². The Hall–Kier alpha value is -2.14. The van der Waals surface area contributed by atoms with Crippen molar-refractivity contribution >= 4 is 23.2 Å². The molecule has 0 radical (unpaired) electrons. The van der Waals surface area contributed by atoms with Crippen LogP contribution in [0.3, 0.4) is 0 Å². The van der Waals surface area contributed by atoms with Gasteiger partial charge in [-0.25, -0.2) is 4.79 Å². The van der Waals surface area contributed by atoms with Crippen LogP contribution in [0.5, 0.6) is 0 Å². The smallest absolute Gasteiger partial charge is 0.345 e. The average Bonchev–Trinajstić information content (AvgIpc) is 2.88. The van der Waals surface area contributed by atoms with Crippen LogP contribution in [0.4, 0.5) is 0 Å². The molecule has 4 nitrogen and oxygen atoms in total. The Morgan fingerprint density at radius 1 is 1.22 bits per heavy atom. The maximum Gasteiger partial charge on any atom is 0.345 e. The number of amides is 1. The lowest BCUT2D eigenvalue weighted by Gasteiger charge is -2.02. The van der Waals surface area contributed by atoms with E-state index in [4.69, 9.17) is 5.11 Å². The van der Waals surface area contributed by atoms with Crippen LogP contribution < -0.4 is 5.32 Å². The Labute approximate surface area is 108 Å². The number of benzene rings is 1. The molecule has 0 unspecified atom stereocenters. The van der Waals surface area contributed by atoms with Gasteiger partial charge in [0.1, 0.15) is 4.88 Å². The van der Waals surface area contributed by atoms with Crippen LogP contribution in [0.1, 0.15) is 20.0 Å². The normalized spacial score (nSPS) is 10.1. The van der Waals surface area contributed by atoms with Gasteiger partial charge in [-0.3, -0.25) is 4.79 Å². The third-order valence-electron chi connectivity index (χ3n) is 2.45. The SMILES string of the molecule is CNC(=O)c1cccc(-c2ccc(C(=O)O)s2)c1. The molecular formula is C13H11NO3S. The highest BCUT2D eigenvalue weighted by Gasteiger charge is 2.10. The first-order valence-electron chi connectivity index (χ1n) is 5.27. The molecule has 0 aliphatic carbocycles. The van der Waals surface area contributed by atoms with E-state index in [1.54, 1.807) is 37.4 Å². The van der Waals surface area contributed by atoms with Crippen molar-refractivity contribution in [3.63, 3.8) is 0 Å². The molecule has 1 aromatic carbocycles. The van der Waals surface area contributed by atoms with Gasteiger partial charge in [0, 0.05) is 17.5 Å². The molecule has 5 heteroatoms. The Bertz CT molecular complexity index is 604. The van der Waals surface area contributed by atoms with E-state index in [0.29, 0.717) is 5.56 Å². The Kier molecular flexibility index (Phi) is 3.43. The van der Waals surface area contributed by atoms with Crippen molar-refractivity contribution in [2.75, 3.05) is 7.05 Å². The molecule has 0 atom stereocenters. The fraction of sp³-hybridized carbons (Fsp3) is 0.0769. The molecule has 0 saturated heterocycles. The first-order chi connectivity index (χ1) is 8.61. The number of hydrogen-bond donors (Lipinski definition) is 2. The molecule has 0 saturated carbocycles. The molecule has 2 N–H and O–H groups in total. The Morgan fingerprint density at radius 2 is 2.00 bits per heavy atom. The summed E-state index contributed by atoms with van der Waals surface area (Å²) in [6, 6.07) is 10.4. The summed E-state index contributed by atoms with van der Waals surface area (Å²) in [5.41, 5.74) is 1.40. The van der Waals surface area contributed by atoms with Crippen LogP contribution >= 0.6 is 11.3 Å². The van der Waals surface area contributed by atoms with E-state index in [-0.39, 0.29) is 10.8 Å². The van der Waals surface area contributed by atoms with Gasteiger partial charge in [-0.1, -0.05) is 12.1 Å². The molecule has 1 heterocycles. The molecule has 2 aromatic rings. The predicted molar refractivity (Wildman–Crippen MR) is 70.1 cm³/mol. The number of thiophene rings is 1. The molecule has 2 rings (SSSR count). The molecule has 0 bridgehead atoms. The van der Waals surface area contributed by atoms with Crippen LogP contribution in [-0.4, -0.2) is 24.0 Å². The molecular weight excluding hydrogens is 250 g/mol. The van der Waals surface area contributed by atoms with Crippen molar-refractivity contribution < 1.29 is 14.7 Å². The summed E-state index contributed by atoms with van der Waals surface area (Å²) in [7, 11) is 1.57. The predicted octanol–water partition coefficient (Wildman–Crippen LogP) is 2.47. The molecule has 0 fully saturated rings. The van der Waals surface area contributed by atoms with Gasteiger partial charge in [0.15, 0.2) is 0 Å². The molecule has 0 aliphatic rings. The van der Waals surface area contributed by atoms with E-state index in [1.165, 1.54) is 11.3 Å². The van der Waals surface area contributed by atoms with Gasteiger partial charge in [0.05, 0.1) is 0 Å². The van der Waals surface area contributed by atoms with Crippen LogP contribution in [0.2, 0.25) is 0 Å². The summed E-state index contributed by atoms with van der Waals surface area (Å²) in [6.07, 6.45) is 0. The summed E-state index contributed by atoms with van der Waals surface area (Å²) in [4.78, 5) is 23.4. The lowest BCUT2D eigenvalue weighted by Crippen LogP contribution is -2.17. The Balaban J connectivity index is 2.38. The minimum atomic E-state index is -0.936. The van der Waals surface area contributed by atoms with Crippen LogP contribution in [0.15, 0.2) is 36.4 Å². The summed E-state index contributed by atoms with van der Waals surface area (Å²) in [6.45, 7) is 0.